The Morgan fingerprint density at radius 3 is 2.81 bits per heavy atom. The van der Waals surface area contributed by atoms with Crippen molar-refractivity contribution in [3.8, 4) is 5.88 Å². The molecule has 88 valence electrons. The standard InChI is InChI=1S/C11H18N4O/c12-10-8-13-9-11(14-10)16-7-6-15-4-2-1-3-5-15/h8-9H,1-7H2,(H2,12,14). The van der Waals surface area contributed by atoms with E-state index >= 15 is 0 Å². The Kier molecular flexibility index (Phi) is 3.93. The Bertz CT molecular complexity index is 326. The van der Waals surface area contributed by atoms with Gasteiger partial charge in [0.25, 0.3) is 0 Å². The van der Waals surface area contributed by atoms with Gasteiger partial charge in [0.2, 0.25) is 5.88 Å². The average Bonchev–Trinajstić information content (AvgIpc) is 2.30. The first-order chi connectivity index (χ1) is 7.84. The third-order valence-electron chi connectivity index (χ3n) is 2.74. The highest BCUT2D eigenvalue weighted by molar-refractivity contribution is 5.25. The molecule has 5 nitrogen and oxygen atoms in total. The van der Waals surface area contributed by atoms with Crippen LogP contribution in [0.15, 0.2) is 12.4 Å². The minimum absolute atomic E-state index is 0.399. The number of aromatic nitrogens is 2. The second kappa shape index (κ2) is 5.65. The molecule has 0 aliphatic carbocycles. The Hall–Kier alpha value is -1.36. The lowest BCUT2D eigenvalue weighted by Crippen LogP contribution is -2.33. The van der Waals surface area contributed by atoms with Gasteiger partial charge in [-0.3, -0.25) is 9.88 Å². The van der Waals surface area contributed by atoms with Crippen molar-refractivity contribution < 1.29 is 4.74 Å². The first kappa shape index (κ1) is 11.1. The van der Waals surface area contributed by atoms with Crippen molar-refractivity contribution in [2.45, 2.75) is 19.3 Å². The lowest BCUT2D eigenvalue weighted by molar-refractivity contribution is 0.180. The molecule has 1 saturated heterocycles. The average molecular weight is 222 g/mol. The van der Waals surface area contributed by atoms with E-state index in [0.717, 1.165) is 6.54 Å². The zero-order chi connectivity index (χ0) is 11.2. The van der Waals surface area contributed by atoms with Gasteiger partial charge in [0.05, 0.1) is 12.4 Å². The van der Waals surface area contributed by atoms with Crippen molar-refractivity contribution in [2.75, 3.05) is 32.0 Å². The minimum atomic E-state index is 0.399. The van der Waals surface area contributed by atoms with E-state index < -0.39 is 0 Å². The van der Waals surface area contributed by atoms with Gasteiger partial charge in [-0.2, -0.15) is 4.98 Å². The van der Waals surface area contributed by atoms with E-state index in [2.05, 4.69) is 14.9 Å². The molecular weight excluding hydrogens is 204 g/mol. The van der Waals surface area contributed by atoms with Crippen LogP contribution in [0.1, 0.15) is 19.3 Å². The molecule has 0 radical (unpaired) electrons. The van der Waals surface area contributed by atoms with E-state index in [1.165, 1.54) is 38.5 Å². The third kappa shape index (κ3) is 3.34. The smallest absolute Gasteiger partial charge is 0.234 e. The number of nitrogens with two attached hydrogens (primary N) is 1. The molecule has 1 aliphatic rings. The van der Waals surface area contributed by atoms with Gasteiger partial charge < -0.3 is 10.5 Å². The van der Waals surface area contributed by atoms with Gasteiger partial charge in [0.1, 0.15) is 12.4 Å². The predicted molar refractivity (Wildman–Crippen MR) is 62.2 cm³/mol. The van der Waals surface area contributed by atoms with Crippen LogP contribution in [0.4, 0.5) is 5.82 Å². The summed E-state index contributed by atoms with van der Waals surface area (Å²) in [5.74, 6) is 0.910. The van der Waals surface area contributed by atoms with Crippen LogP contribution in [0.2, 0.25) is 0 Å². The zero-order valence-corrected chi connectivity index (χ0v) is 9.43. The SMILES string of the molecule is Nc1cncc(OCCN2CCCCC2)n1. The number of nitrogens with zero attached hydrogens (tertiary/aromatic N) is 3. The molecule has 5 heteroatoms. The monoisotopic (exact) mass is 222 g/mol. The Morgan fingerprint density at radius 2 is 2.06 bits per heavy atom. The van der Waals surface area contributed by atoms with Gasteiger partial charge >= 0.3 is 0 Å². The van der Waals surface area contributed by atoms with Gasteiger partial charge in [0, 0.05) is 6.54 Å². The number of likely N-dealkylation sites (tertiary alicyclic amines) is 1. The molecule has 2 rings (SSSR count). The van der Waals surface area contributed by atoms with E-state index in [0.29, 0.717) is 18.3 Å². The van der Waals surface area contributed by atoms with E-state index in [4.69, 9.17) is 10.5 Å². The normalized spacial score (nSPS) is 17.2. The first-order valence-electron chi connectivity index (χ1n) is 5.77. The number of piperidine rings is 1. The van der Waals surface area contributed by atoms with Crippen molar-refractivity contribution in [1.29, 1.82) is 0 Å². The molecule has 0 spiro atoms. The number of rotatable bonds is 4. The summed E-state index contributed by atoms with van der Waals surface area (Å²) < 4.78 is 5.49. The summed E-state index contributed by atoms with van der Waals surface area (Å²) in [6.07, 6.45) is 7.07. The highest BCUT2D eigenvalue weighted by atomic mass is 16.5. The molecule has 0 aromatic carbocycles. The van der Waals surface area contributed by atoms with Crippen LogP contribution < -0.4 is 10.5 Å². The summed E-state index contributed by atoms with van der Waals surface area (Å²) in [5.41, 5.74) is 5.51. The molecule has 1 aliphatic heterocycles. The quantitative estimate of drug-likeness (QED) is 0.820. The van der Waals surface area contributed by atoms with Gasteiger partial charge in [-0.05, 0) is 25.9 Å². The van der Waals surface area contributed by atoms with Crippen LogP contribution in [0, 0.1) is 0 Å². The topological polar surface area (TPSA) is 64.3 Å². The molecule has 0 unspecified atom stereocenters. The van der Waals surface area contributed by atoms with Crippen molar-refractivity contribution in [2.24, 2.45) is 0 Å². The van der Waals surface area contributed by atoms with E-state index in [9.17, 15) is 0 Å². The van der Waals surface area contributed by atoms with Crippen LogP contribution in [0.25, 0.3) is 0 Å². The molecule has 2 N–H and O–H groups in total. The lowest BCUT2D eigenvalue weighted by atomic mass is 10.1. The van der Waals surface area contributed by atoms with Crippen LogP contribution in [-0.4, -0.2) is 41.1 Å². The second-order valence-electron chi connectivity index (χ2n) is 4.03. The summed E-state index contributed by atoms with van der Waals surface area (Å²) in [6.45, 7) is 3.98. The summed E-state index contributed by atoms with van der Waals surface area (Å²) in [7, 11) is 0. The van der Waals surface area contributed by atoms with Gasteiger partial charge in [-0.15, -0.1) is 0 Å². The lowest BCUT2D eigenvalue weighted by Gasteiger charge is -2.25. The summed E-state index contributed by atoms with van der Waals surface area (Å²) >= 11 is 0. The van der Waals surface area contributed by atoms with Crippen molar-refractivity contribution in [3.05, 3.63) is 12.4 Å². The van der Waals surface area contributed by atoms with Gasteiger partial charge in [-0.25, -0.2) is 0 Å². The maximum absolute atomic E-state index is 5.51. The molecule has 0 bridgehead atoms. The molecule has 0 atom stereocenters. The first-order valence-corrected chi connectivity index (χ1v) is 5.77. The van der Waals surface area contributed by atoms with Gasteiger partial charge in [-0.1, -0.05) is 6.42 Å². The highest BCUT2D eigenvalue weighted by Gasteiger charge is 2.09. The molecule has 1 fully saturated rings. The van der Waals surface area contributed by atoms with Crippen molar-refractivity contribution in [3.63, 3.8) is 0 Å². The molecule has 16 heavy (non-hydrogen) atoms. The fourth-order valence-electron chi connectivity index (χ4n) is 1.89. The maximum atomic E-state index is 5.51. The highest BCUT2D eigenvalue weighted by Crippen LogP contribution is 2.09. The minimum Gasteiger partial charge on any atom is -0.475 e. The van der Waals surface area contributed by atoms with E-state index in [-0.39, 0.29) is 0 Å². The van der Waals surface area contributed by atoms with Crippen molar-refractivity contribution in [1.82, 2.24) is 14.9 Å². The number of hydrogen-bond donors (Lipinski definition) is 1. The fourth-order valence-corrected chi connectivity index (χ4v) is 1.89. The Balaban J connectivity index is 1.71. The predicted octanol–water partition coefficient (Wildman–Crippen LogP) is 0.923. The number of hydrogen-bond acceptors (Lipinski definition) is 5. The number of nitrogen functional groups attached to an aromatic ring is 1. The zero-order valence-electron chi connectivity index (χ0n) is 9.43. The molecule has 2 heterocycles. The Morgan fingerprint density at radius 1 is 1.25 bits per heavy atom. The van der Waals surface area contributed by atoms with Gasteiger partial charge in [0.15, 0.2) is 0 Å². The molecule has 1 aromatic heterocycles. The molecular formula is C11H18N4O. The fraction of sp³-hybridized carbons (Fsp3) is 0.636. The van der Waals surface area contributed by atoms with Crippen LogP contribution in [-0.2, 0) is 0 Å². The summed E-state index contributed by atoms with van der Waals surface area (Å²) in [4.78, 5) is 10.4. The molecule has 1 aromatic rings. The van der Waals surface area contributed by atoms with E-state index in [1.807, 2.05) is 0 Å². The maximum Gasteiger partial charge on any atom is 0.234 e. The number of ether oxygens (including phenoxy) is 1. The summed E-state index contributed by atoms with van der Waals surface area (Å²) in [5, 5.41) is 0. The molecule has 0 amide bonds. The largest absolute Gasteiger partial charge is 0.475 e. The van der Waals surface area contributed by atoms with Crippen LogP contribution in [0.5, 0.6) is 5.88 Å². The number of anilines is 1. The summed E-state index contributed by atoms with van der Waals surface area (Å²) in [6, 6.07) is 0. The second-order valence-corrected chi connectivity index (χ2v) is 4.03. The van der Waals surface area contributed by atoms with Crippen LogP contribution in [0.3, 0.4) is 0 Å². The molecule has 0 saturated carbocycles. The van der Waals surface area contributed by atoms with E-state index in [1.54, 1.807) is 6.20 Å². The third-order valence-corrected chi connectivity index (χ3v) is 2.74. The van der Waals surface area contributed by atoms with Crippen LogP contribution >= 0.6 is 0 Å². The Labute approximate surface area is 95.6 Å². The van der Waals surface area contributed by atoms with Crippen molar-refractivity contribution >= 4 is 5.82 Å².